The maximum Gasteiger partial charge on any atom is 0.0839 e. The molecule has 6 heteroatoms. The van der Waals surface area contributed by atoms with E-state index in [1.807, 2.05) is 18.2 Å². The molecule has 1 fully saturated rings. The smallest absolute Gasteiger partial charge is 0.0839 e. The van der Waals surface area contributed by atoms with Crippen LogP contribution in [0.5, 0.6) is 0 Å². The molecule has 0 aromatic heterocycles. The Labute approximate surface area is 126 Å². The third kappa shape index (κ3) is 4.61. The Morgan fingerprint density at radius 2 is 2.16 bits per heavy atom. The Kier molecular flexibility index (Phi) is 5.91. The lowest BCUT2D eigenvalue weighted by Crippen LogP contribution is -2.42. The minimum Gasteiger partial charge on any atom is -0.390 e. The predicted octanol–water partition coefficient (Wildman–Crippen LogP) is 2.21. The van der Waals surface area contributed by atoms with Crippen LogP contribution in [-0.4, -0.2) is 55.5 Å². The molecule has 1 atom stereocenters. The number of anilines is 1. The summed E-state index contributed by atoms with van der Waals surface area (Å²) < 4.78 is 6.11. The number of benzene rings is 1. The largest absolute Gasteiger partial charge is 0.390 e. The molecule has 0 bridgehead atoms. The van der Waals surface area contributed by atoms with Crippen molar-refractivity contribution in [2.45, 2.75) is 6.10 Å². The molecule has 1 unspecified atom stereocenters. The Morgan fingerprint density at radius 3 is 2.89 bits per heavy atom. The van der Waals surface area contributed by atoms with Crippen LogP contribution >= 0.6 is 27.5 Å². The van der Waals surface area contributed by atoms with Crippen molar-refractivity contribution >= 4 is 33.2 Å². The van der Waals surface area contributed by atoms with Crippen LogP contribution in [0, 0.1) is 0 Å². The van der Waals surface area contributed by atoms with E-state index in [0.717, 1.165) is 36.5 Å². The third-order valence-corrected chi connectivity index (χ3v) is 4.45. The van der Waals surface area contributed by atoms with E-state index < -0.39 is 6.10 Å². The summed E-state index contributed by atoms with van der Waals surface area (Å²) in [6.45, 7) is 4.43. The Morgan fingerprint density at radius 1 is 1.42 bits per heavy atom. The van der Waals surface area contributed by atoms with E-state index >= 15 is 0 Å². The van der Waals surface area contributed by atoms with Crippen molar-refractivity contribution in [2.75, 3.05) is 44.7 Å². The van der Waals surface area contributed by atoms with Crippen LogP contribution in [0.2, 0.25) is 5.02 Å². The van der Waals surface area contributed by atoms with E-state index in [1.165, 1.54) is 0 Å². The number of halogens is 2. The Balaban J connectivity index is 1.79. The number of hydrogen-bond acceptors (Lipinski definition) is 4. The second-order valence-electron chi connectivity index (χ2n) is 4.55. The molecular weight excluding hydrogens is 332 g/mol. The number of hydrogen-bond donors (Lipinski definition) is 2. The number of ether oxygens (including phenoxy) is 1. The number of rotatable bonds is 5. The zero-order valence-corrected chi connectivity index (χ0v) is 13.0. The van der Waals surface area contributed by atoms with Gasteiger partial charge in [0.15, 0.2) is 0 Å². The first kappa shape index (κ1) is 15.1. The molecule has 0 amide bonds. The minimum absolute atomic E-state index is 0.413. The molecule has 106 valence electrons. The van der Waals surface area contributed by atoms with Crippen LogP contribution in [0.15, 0.2) is 22.7 Å². The SMILES string of the molecule is OC(CNc1cccc(Cl)c1Br)CN1CCOCC1. The topological polar surface area (TPSA) is 44.7 Å². The van der Waals surface area contributed by atoms with Crippen LogP contribution in [-0.2, 0) is 4.74 Å². The van der Waals surface area contributed by atoms with Gasteiger partial charge < -0.3 is 15.2 Å². The summed E-state index contributed by atoms with van der Waals surface area (Å²) in [5, 5.41) is 13.9. The fourth-order valence-corrected chi connectivity index (χ4v) is 2.59. The van der Waals surface area contributed by atoms with Gasteiger partial charge in [0.2, 0.25) is 0 Å². The highest BCUT2D eigenvalue weighted by Crippen LogP contribution is 2.29. The summed E-state index contributed by atoms with van der Waals surface area (Å²) in [5.41, 5.74) is 0.897. The van der Waals surface area contributed by atoms with Crippen molar-refractivity contribution < 1.29 is 9.84 Å². The van der Waals surface area contributed by atoms with Gasteiger partial charge in [0.25, 0.3) is 0 Å². The minimum atomic E-state index is -0.413. The molecular formula is C13H18BrClN2O2. The first-order chi connectivity index (χ1) is 9.16. The van der Waals surface area contributed by atoms with Crippen LogP contribution < -0.4 is 5.32 Å². The highest BCUT2D eigenvalue weighted by atomic mass is 79.9. The summed E-state index contributed by atoms with van der Waals surface area (Å²) in [4.78, 5) is 2.21. The first-order valence-corrected chi connectivity index (χ1v) is 7.50. The molecule has 2 rings (SSSR count). The van der Waals surface area contributed by atoms with Gasteiger partial charge in [-0.3, -0.25) is 4.90 Å². The average molecular weight is 350 g/mol. The van der Waals surface area contributed by atoms with Gasteiger partial charge >= 0.3 is 0 Å². The summed E-state index contributed by atoms with van der Waals surface area (Å²) in [5.74, 6) is 0. The molecule has 4 nitrogen and oxygen atoms in total. The number of nitrogens with one attached hydrogen (secondary N) is 1. The van der Waals surface area contributed by atoms with Gasteiger partial charge in [-0.1, -0.05) is 17.7 Å². The van der Waals surface area contributed by atoms with Crippen molar-refractivity contribution in [1.29, 1.82) is 0 Å². The zero-order valence-electron chi connectivity index (χ0n) is 10.6. The van der Waals surface area contributed by atoms with Crippen LogP contribution in [0.4, 0.5) is 5.69 Å². The molecule has 1 aromatic carbocycles. The van der Waals surface area contributed by atoms with E-state index in [4.69, 9.17) is 16.3 Å². The second-order valence-corrected chi connectivity index (χ2v) is 5.75. The van der Waals surface area contributed by atoms with E-state index in [9.17, 15) is 5.11 Å². The van der Waals surface area contributed by atoms with Gasteiger partial charge in [-0.05, 0) is 28.1 Å². The number of nitrogens with zero attached hydrogens (tertiary/aromatic N) is 1. The number of β-amino-alcohol motifs (C(OH)–C–C–N with tert-alkyl or cyclic N) is 1. The molecule has 19 heavy (non-hydrogen) atoms. The molecule has 1 aromatic rings. The highest BCUT2D eigenvalue weighted by Gasteiger charge is 2.15. The molecule has 0 spiro atoms. The van der Waals surface area contributed by atoms with E-state index in [-0.39, 0.29) is 0 Å². The van der Waals surface area contributed by atoms with Gasteiger partial charge in [0.05, 0.1) is 34.5 Å². The maximum absolute atomic E-state index is 10.0. The highest BCUT2D eigenvalue weighted by molar-refractivity contribution is 9.10. The molecule has 0 saturated carbocycles. The molecule has 1 aliphatic rings. The van der Waals surface area contributed by atoms with Crippen molar-refractivity contribution in [1.82, 2.24) is 4.90 Å². The Hall–Kier alpha value is -0.330. The molecule has 1 heterocycles. The fraction of sp³-hybridized carbons (Fsp3) is 0.538. The Bertz CT molecular complexity index is 414. The predicted molar refractivity (Wildman–Crippen MR) is 80.9 cm³/mol. The molecule has 1 saturated heterocycles. The van der Waals surface area contributed by atoms with Crippen molar-refractivity contribution in [3.05, 3.63) is 27.7 Å². The maximum atomic E-state index is 10.0. The first-order valence-electron chi connectivity index (χ1n) is 6.33. The summed E-state index contributed by atoms with van der Waals surface area (Å²) in [6, 6.07) is 5.63. The van der Waals surface area contributed by atoms with Gasteiger partial charge in [-0.15, -0.1) is 0 Å². The standard InChI is InChI=1S/C13H18BrClN2O2/c14-13-11(15)2-1-3-12(13)16-8-10(18)9-17-4-6-19-7-5-17/h1-3,10,16,18H,4-9H2. The summed E-state index contributed by atoms with van der Waals surface area (Å²) in [7, 11) is 0. The van der Waals surface area contributed by atoms with Gasteiger partial charge in [0, 0.05) is 26.2 Å². The van der Waals surface area contributed by atoms with Gasteiger partial charge in [-0.25, -0.2) is 0 Å². The lowest BCUT2D eigenvalue weighted by atomic mass is 10.2. The zero-order chi connectivity index (χ0) is 13.7. The number of morpholine rings is 1. The van der Waals surface area contributed by atoms with E-state index in [0.29, 0.717) is 18.1 Å². The van der Waals surface area contributed by atoms with Crippen LogP contribution in [0.3, 0.4) is 0 Å². The van der Waals surface area contributed by atoms with Crippen molar-refractivity contribution in [3.8, 4) is 0 Å². The third-order valence-electron chi connectivity index (χ3n) is 3.05. The second kappa shape index (κ2) is 7.45. The summed E-state index contributed by atoms with van der Waals surface area (Å²) in [6.07, 6.45) is -0.413. The van der Waals surface area contributed by atoms with Crippen LogP contribution in [0.25, 0.3) is 0 Å². The number of aliphatic hydroxyl groups is 1. The van der Waals surface area contributed by atoms with Crippen LogP contribution in [0.1, 0.15) is 0 Å². The molecule has 1 aliphatic heterocycles. The fourth-order valence-electron chi connectivity index (χ4n) is 2.01. The summed E-state index contributed by atoms with van der Waals surface area (Å²) >= 11 is 9.44. The van der Waals surface area contributed by atoms with Crippen molar-refractivity contribution in [3.63, 3.8) is 0 Å². The van der Waals surface area contributed by atoms with Gasteiger partial charge in [0.1, 0.15) is 0 Å². The van der Waals surface area contributed by atoms with E-state index in [2.05, 4.69) is 26.1 Å². The van der Waals surface area contributed by atoms with E-state index in [1.54, 1.807) is 0 Å². The monoisotopic (exact) mass is 348 g/mol. The molecule has 2 N–H and O–H groups in total. The molecule has 0 aliphatic carbocycles. The quantitative estimate of drug-likeness (QED) is 0.855. The van der Waals surface area contributed by atoms with Gasteiger partial charge in [-0.2, -0.15) is 0 Å². The lowest BCUT2D eigenvalue weighted by Gasteiger charge is -2.28. The number of aliphatic hydroxyl groups excluding tert-OH is 1. The van der Waals surface area contributed by atoms with Crippen molar-refractivity contribution in [2.24, 2.45) is 0 Å². The molecule has 0 radical (unpaired) electrons. The average Bonchev–Trinajstić information content (AvgIpc) is 2.42. The normalized spacial score (nSPS) is 18.3. The lowest BCUT2D eigenvalue weighted by molar-refractivity contribution is 0.0171.